The predicted octanol–water partition coefficient (Wildman–Crippen LogP) is 3.26. The molecule has 3 nitrogen and oxygen atoms in total. The lowest BCUT2D eigenvalue weighted by molar-refractivity contribution is 0.1000. The van der Waals surface area contributed by atoms with E-state index in [4.69, 9.17) is 9.47 Å². The topological polar surface area (TPSA) is 30.5 Å². The van der Waals surface area contributed by atoms with Gasteiger partial charge < -0.3 is 14.8 Å². The molecule has 1 aromatic rings. The van der Waals surface area contributed by atoms with Gasteiger partial charge in [0.15, 0.2) is 0 Å². The van der Waals surface area contributed by atoms with Gasteiger partial charge >= 0.3 is 0 Å². The van der Waals surface area contributed by atoms with Crippen molar-refractivity contribution in [2.24, 2.45) is 0 Å². The van der Waals surface area contributed by atoms with Gasteiger partial charge in [-0.2, -0.15) is 11.8 Å². The first-order valence-electron chi connectivity index (χ1n) is 7.43. The van der Waals surface area contributed by atoms with E-state index in [9.17, 15) is 0 Å². The van der Waals surface area contributed by atoms with Gasteiger partial charge in [-0.3, -0.25) is 0 Å². The maximum Gasteiger partial charge on any atom is 0.124 e. The van der Waals surface area contributed by atoms with E-state index in [1.54, 1.807) is 0 Å². The standard InChI is InChI=1S/C16H25NO2S/c1-3-19-16-7-5-4-6-14(16)15(17-2)12-20-13-8-10-18-11-9-13/h4-7,13,15,17H,3,8-12H2,1-2H3. The van der Waals surface area contributed by atoms with Crippen molar-refractivity contribution in [1.82, 2.24) is 5.32 Å². The van der Waals surface area contributed by atoms with Crippen molar-refractivity contribution in [3.05, 3.63) is 29.8 Å². The Morgan fingerprint density at radius 1 is 1.35 bits per heavy atom. The van der Waals surface area contributed by atoms with Crippen LogP contribution in [-0.4, -0.2) is 37.9 Å². The molecule has 1 atom stereocenters. The van der Waals surface area contributed by atoms with Gasteiger partial charge in [0.2, 0.25) is 0 Å². The van der Waals surface area contributed by atoms with Gasteiger partial charge in [-0.25, -0.2) is 0 Å². The molecule has 0 aromatic heterocycles. The van der Waals surface area contributed by atoms with Crippen molar-refractivity contribution in [3.8, 4) is 5.75 Å². The van der Waals surface area contributed by atoms with Crippen molar-refractivity contribution >= 4 is 11.8 Å². The third-order valence-electron chi connectivity index (χ3n) is 3.61. The third kappa shape index (κ3) is 4.40. The summed E-state index contributed by atoms with van der Waals surface area (Å²) in [5.74, 6) is 2.08. The lowest BCUT2D eigenvalue weighted by Gasteiger charge is -2.25. The molecule has 1 unspecified atom stereocenters. The SMILES string of the molecule is CCOc1ccccc1C(CSC1CCOCC1)NC. The number of thioether (sulfide) groups is 1. The van der Waals surface area contributed by atoms with E-state index in [1.807, 2.05) is 20.0 Å². The lowest BCUT2D eigenvalue weighted by Crippen LogP contribution is -2.23. The summed E-state index contributed by atoms with van der Waals surface area (Å²) in [6.45, 7) is 4.57. The van der Waals surface area contributed by atoms with Crippen LogP contribution in [0.1, 0.15) is 31.4 Å². The number of rotatable bonds is 7. The second-order valence-corrected chi connectivity index (χ2v) is 6.29. The second-order valence-electron chi connectivity index (χ2n) is 4.96. The molecule has 1 N–H and O–H groups in total. The van der Waals surface area contributed by atoms with Gasteiger partial charge in [0.05, 0.1) is 6.61 Å². The largest absolute Gasteiger partial charge is 0.494 e. The van der Waals surface area contributed by atoms with E-state index in [1.165, 1.54) is 18.4 Å². The fraction of sp³-hybridized carbons (Fsp3) is 0.625. The van der Waals surface area contributed by atoms with E-state index in [2.05, 4.69) is 35.3 Å². The molecule has 1 aromatic carbocycles. The van der Waals surface area contributed by atoms with Crippen LogP contribution in [0.3, 0.4) is 0 Å². The molecule has 0 spiro atoms. The molecule has 0 bridgehead atoms. The Bertz CT molecular complexity index is 394. The van der Waals surface area contributed by atoms with Gasteiger partial charge in [-0.15, -0.1) is 0 Å². The molecule has 0 radical (unpaired) electrons. The molecule has 20 heavy (non-hydrogen) atoms. The molecular weight excluding hydrogens is 270 g/mol. The van der Waals surface area contributed by atoms with Gasteiger partial charge in [0.1, 0.15) is 5.75 Å². The molecule has 1 heterocycles. The minimum atomic E-state index is 0.339. The zero-order chi connectivity index (χ0) is 14.2. The number of benzene rings is 1. The molecule has 1 aliphatic rings. The van der Waals surface area contributed by atoms with Gasteiger partial charge in [-0.1, -0.05) is 18.2 Å². The summed E-state index contributed by atoms with van der Waals surface area (Å²) in [5.41, 5.74) is 1.26. The lowest BCUT2D eigenvalue weighted by atomic mass is 10.1. The van der Waals surface area contributed by atoms with Crippen LogP contribution >= 0.6 is 11.8 Å². The summed E-state index contributed by atoms with van der Waals surface area (Å²) < 4.78 is 11.2. The molecule has 0 aliphatic carbocycles. The van der Waals surface area contributed by atoms with Gasteiger partial charge in [0.25, 0.3) is 0 Å². The molecule has 4 heteroatoms. The molecule has 0 amide bonds. The highest BCUT2D eigenvalue weighted by Crippen LogP contribution is 2.31. The fourth-order valence-corrected chi connectivity index (χ4v) is 3.80. The van der Waals surface area contributed by atoms with Crippen LogP contribution in [0.4, 0.5) is 0 Å². The summed E-state index contributed by atoms with van der Waals surface area (Å²) in [7, 11) is 2.03. The highest BCUT2D eigenvalue weighted by atomic mass is 32.2. The number of para-hydroxylation sites is 1. The fourth-order valence-electron chi connectivity index (χ4n) is 2.46. The van der Waals surface area contributed by atoms with E-state index in [0.29, 0.717) is 12.6 Å². The van der Waals surface area contributed by atoms with Crippen LogP contribution < -0.4 is 10.1 Å². The first kappa shape index (κ1) is 15.7. The van der Waals surface area contributed by atoms with Crippen molar-refractivity contribution in [2.75, 3.05) is 32.6 Å². The number of hydrogen-bond acceptors (Lipinski definition) is 4. The molecule has 1 saturated heterocycles. The predicted molar refractivity (Wildman–Crippen MR) is 85.7 cm³/mol. The van der Waals surface area contributed by atoms with Crippen molar-refractivity contribution in [2.45, 2.75) is 31.1 Å². The van der Waals surface area contributed by atoms with Crippen LogP contribution in [0.2, 0.25) is 0 Å². The van der Waals surface area contributed by atoms with Crippen molar-refractivity contribution < 1.29 is 9.47 Å². The molecule has 0 saturated carbocycles. The maximum absolute atomic E-state index is 5.74. The highest BCUT2D eigenvalue weighted by molar-refractivity contribution is 7.99. The zero-order valence-corrected chi connectivity index (χ0v) is 13.2. The van der Waals surface area contributed by atoms with E-state index in [0.717, 1.165) is 30.0 Å². The smallest absolute Gasteiger partial charge is 0.124 e. The summed E-state index contributed by atoms with van der Waals surface area (Å²) in [6, 6.07) is 8.68. The van der Waals surface area contributed by atoms with Crippen molar-refractivity contribution in [3.63, 3.8) is 0 Å². The Morgan fingerprint density at radius 3 is 2.80 bits per heavy atom. The van der Waals surface area contributed by atoms with Gasteiger partial charge in [-0.05, 0) is 32.9 Å². The highest BCUT2D eigenvalue weighted by Gasteiger charge is 2.19. The molecule has 1 fully saturated rings. The zero-order valence-electron chi connectivity index (χ0n) is 12.4. The monoisotopic (exact) mass is 295 g/mol. The van der Waals surface area contributed by atoms with Crippen LogP contribution in [0.5, 0.6) is 5.75 Å². The number of hydrogen-bond donors (Lipinski definition) is 1. The second kappa shape index (κ2) is 8.55. The quantitative estimate of drug-likeness (QED) is 0.836. The Labute approximate surface area is 126 Å². The summed E-state index contributed by atoms with van der Waals surface area (Å²) in [6.07, 6.45) is 2.35. The van der Waals surface area contributed by atoms with Crippen molar-refractivity contribution in [1.29, 1.82) is 0 Å². The number of ether oxygens (including phenoxy) is 2. The normalized spacial score (nSPS) is 17.9. The average Bonchev–Trinajstić information content (AvgIpc) is 2.51. The third-order valence-corrected chi connectivity index (χ3v) is 5.08. The summed E-state index contributed by atoms with van der Waals surface area (Å²) in [4.78, 5) is 0. The van der Waals surface area contributed by atoms with Crippen LogP contribution in [0.25, 0.3) is 0 Å². The Kier molecular flexibility index (Phi) is 6.70. The Hall–Kier alpha value is -0.710. The van der Waals surface area contributed by atoms with E-state index in [-0.39, 0.29) is 0 Å². The molecule has 112 valence electrons. The summed E-state index contributed by atoms with van der Waals surface area (Å²) >= 11 is 2.05. The molecular formula is C16H25NO2S. The minimum Gasteiger partial charge on any atom is -0.494 e. The Balaban J connectivity index is 1.96. The average molecular weight is 295 g/mol. The minimum absolute atomic E-state index is 0.339. The maximum atomic E-state index is 5.74. The van der Waals surface area contributed by atoms with E-state index >= 15 is 0 Å². The van der Waals surface area contributed by atoms with Crippen LogP contribution in [-0.2, 0) is 4.74 Å². The number of nitrogens with one attached hydrogen (secondary N) is 1. The molecule has 1 aliphatic heterocycles. The van der Waals surface area contributed by atoms with E-state index < -0.39 is 0 Å². The Morgan fingerprint density at radius 2 is 2.10 bits per heavy atom. The molecule has 2 rings (SSSR count). The van der Waals surface area contributed by atoms with Crippen LogP contribution in [0.15, 0.2) is 24.3 Å². The van der Waals surface area contributed by atoms with Crippen LogP contribution in [0, 0.1) is 0 Å². The first-order chi connectivity index (χ1) is 9.85. The van der Waals surface area contributed by atoms with Gasteiger partial charge in [0, 0.05) is 35.8 Å². The first-order valence-corrected chi connectivity index (χ1v) is 8.48. The summed E-state index contributed by atoms with van der Waals surface area (Å²) in [5, 5.41) is 4.16.